The number of aryl methyl sites for hydroxylation is 1. The van der Waals surface area contributed by atoms with Crippen LogP contribution >= 0.6 is 11.6 Å². The van der Waals surface area contributed by atoms with Crippen LogP contribution in [0.2, 0.25) is 5.02 Å². The number of hydrogen-bond donors (Lipinski definition) is 0. The Morgan fingerprint density at radius 2 is 1.88 bits per heavy atom. The Morgan fingerprint density at radius 1 is 1.00 bits per heavy atom. The van der Waals surface area contributed by atoms with E-state index in [2.05, 4.69) is 28.2 Å². The fourth-order valence-corrected chi connectivity index (χ4v) is 4.42. The molecule has 0 saturated carbocycles. The smallest absolute Gasteiger partial charge is 0.142 e. The molecule has 0 radical (unpaired) electrons. The number of fused-ring (bicyclic) bond motifs is 5. The Morgan fingerprint density at radius 3 is 2.73 bits per heavy atom. The van der Waals surface area contributed by atoms with Crippen LogP contribution in [0.5, 0.6) is 0 Å². The first-order valence-electron chi connectivity index (χ1n) is 8.81. The molecule has 0 aliphatic heterocycles. The molecular formula is C22H16ClFN2. The number of hydrogen-bond acceptors (Lipinski definition) is 2. The molecule has 0 amide bonds. The molecule has 0 saturated heterocycles. The summed E-state index contributed by atoms with van der Waals surface area (Å²) in [5, 5.41) is 4.40. The van der Waals surface area contributed by atoms with Crippen LogP contribution < -0.4 is 0 Å². The average Bonchev–Trinajstić information content (AvgIpc) is 2.68. The first kappa shape index (κ1) is 15.7. The van der Waals surface area contributed by atoms with Crippen LogP contribution in [0, 0.1) is 5.82 Å². The predicted molar refractivity (Wildman–Crippen MR) is 103 cm³/mol. The normalized spacial score (nSPS) is 16.8. The molecule has 3 aromatic carbocycles. The van der Waals surface area contributed by atoms with Crippen molar-refractivity contribution in [2.24, 2.45) is 0 Å². The molecule has 128 valence electrons. The molecule has 1 aliphatic rings. The highest BCUT2D eigenvalue weighted by molar-refractivity contribution is 6.32. The lowest BCUT2D eigenvalue weighted by molar-refractivity contribution is 0.605. The molecule has 0 fully saturated rings. The summed E-state index contributed by atoms with van der Waals surface area (Å²) in [4.78, 5) is 8.77. The van der Waals surface area contributed by atoms with Crippen LogP contribution in [0.4, 0.5) is 4.39 Å². The van der Waals surface area contributed by atoms with Crippen LogP contribution in [0.1, 0.15) is 35.6 Å². The lowest BCUT2D eigenvalue weighted by atomic mass is 9.78. The second-order valence-corrected chi connectivity index (χ2v) is 7.26. The molecule has 0 N–H and O–H groups in total. The van der Waals surface area contributed by atoms with Gasteiger partial charge in [0.1, 0.15) is 5.82 Å². The summed E-state index contributed by atoms with van der Waals surface area (Å²) in [6.07, 6.45) is 8.59. The minimum absolute atomic E-state index is 0.167. The van der Waals surface area contributed by atoms with Crippen molar-refractivity contribution in [2.45, 2.75) is 25.2 Å². The average molecular weight is 363 g/mol. The topological polar surface area (TPSA) is 25.8 Å². The Bertz CT molecular complexity index is 1140. The molecule has 26 heavy (non-hydrogen) atoms. The molecule has 1 unspecified atom stereocenters. The van der Waals surface area contributed by atoms with Crippen molar-refractivity contribution in [2.75, 3.05) is 0 Å². The van der Waals surface area contributed by atoms with Crippen molar-refractivity contribution in [1.82, 2.24) is 9.97 Å². The van der Waals surface area contributed by atoms with Gasteiger partial charge in [-0.05, 0) is 64.1 Å². The molecule has 0 bridgehead atoms. The van der Waals surface area contributed by atoms with Crippen LogP contribution in [0.3, 0.4) is 0 Å². The highest BCUT2D eigenvalue weighted by atomic mass is 35.5. The van der Waals surface area contributed by atoms with E-state index in [1.807, 2.05) is 12.3 Å². The van der Waals surface area contributed by atoms with Crippen molar-refractivity contribution < 1.29 is 4.39 Å². The third-order valence-corrected chi connectivity index (χ3v) is 5.73. The van der Waals surface area contributed by atoms with Gasteiger partial charge in [0.05, 0.1) is 10.7 Å². The third-order valence-electron chi connectivity index (χ3n) is 5.44. The third kappa shape index (κ3) is 2.38. The standard InChI is InChI=1S/C22H16ClFN2/c23-20-11-19-13(10-21(20)24)4-5-15-14-2-1-3-18(16(14)6-7-17(15)19)22-12-25-8-9-26-22/h4-12,18H,1-3H2. The van der Waals surface area contributed by atoms with Gasteiger partial charge in [-0.25, -0.2) is 4.39 Å². The van der Waals surface area contributed by atoms with E-state index in [9.17, 15) is 4.39 Å². The highest BCUT2D eigenvalue weighted by Gasteiger charge is 2.24. The van der Waals surface area contributed by atoms with Crippen molar-refractivity contribution in [3.8, 4) is 0 Å². The molecule has 1 aromatic heterocycles. The van der Waals surface area contributed by atoms with Gasteiger partial charge in [0.2, 0.25) is 0 Å². The lowest BCUT2D eigenvalue weighted by Crippen LogP contribution is -2.13. The maximum Gasteiger partial charge on any atom is 0.142 e. The van der Waals surface area contributed by atoms with E-state index in [0.29, 0.717) is 0 Å². The Hall–Kier alpha value is -2.52. The molecule has 5 rings (SSSR count). The van der Waals surface area contributed by atoms with E-state index in [1.54, 1.807) is 18.5 Å². The van der Waals surface area contributed by atoms with Crippen LogP contribution in [-0.2, 0) is 6.42 Å². The van der Waals surface area contributed by atoms with E-state index in [-0.39, 0.29) is 16.8 Å². The molecule has 2 nitrogen and oxygen atoms in total. The Labute approximate surface area is 155 Å². The number of nitrogens with zero attached hydrogens (tertiary/aromatic N) is 2. The summed E-state index contributed by atoms with van der Waals surface area (Å²) in [5.74, 6) is -0.0939. The molecule has 1 heterocycles. The van der Waals surface area contributed by atoms with Gasteiger partial charge in [0.15, 0.2) is 0 Å². The van der Waals surface area contributed by atoms with Gasteiger partial charge in [-0.1, -0.05) is 35.9 Å². The fraction of sp³-hybridized carbons (Fsp3) is 0.182. The van der Waals surface area contributed by atoms with Gasteiger partial charge in [-0.3, -0.25) is 9.97 Å². The SMILES string of the molecule is Fc1cc2ccc3c4c(ccc3c2cc1Cl)C(c1cnccn1)CCC4. The summed E-state index contributed by atoms with van der Waals surface area (Å²) in [5.41, 5.74) is 3.72. The van der Waals surface area contributed by atoms with E-state index < -0.39 is 0 Å². The number of rotatable bonds is 1. The summed E-state index contributed by atoms with van der Waals surface area (Å²) in [7, 11) is 0. The molecule has 1 atom stereocenters. The number of benzene rings is 3. The minimum atomic E-state index is -0.376. The number of halogens is 2. The van der Waals surface area contributed by atoms with Crippen molar-refractivity contribution >= 4 is 33.1 Å². The van der Waals surface area contributed by atoms with Gasteiger partial charge in [0, 0.05) is 24.5 Å². The Kier molecular flexibility index (Phi) is 3.64. The Balaban J connectivity index is 1.77. The fourth-order valence-electron chi connectivity index (χ4n) is 4.25. The van der Waals surface area contributed by atoms with Crippen LogP contribution in [-0.4, -0.2) is 9.97 Å². The van der Waals surface area contributed by atoms with Crippen molar-refractivity contribution in [1.29, 1.82) is 0 Å². The molecular weight excluding hydrogens is 347 g/mol. The number of aromatic nitrogens is 2. The van der Waals surface area contributed by atoms with Gasteiger partial charge in [0.25, 0.3) is 0 Å². The van der Waals surface area contributed by atoms with Gasteiger partial charge < -0.3 is 0 Å². The summed E-state index contributed by atoms with van der Waals surface area (Å²) < 4.78 is 13.8. The zero-order chi connectivity index (χ0) is 17.7. The van der Waals surface area contributed by atoms with Gasteiger partial charge in [-0.2, -0.15) is 0 Å². The van der Waals surface area contributed by atoms with Crippen molar-refractivity contribution in [3.05, 3.63) is 82.6 Å². The summed E-state index contributed by atoms with van der Waals surface area (Å²) in [6, 6.07) is 11.7. The van der Waals surface area contributed by atoms with Crippen LogP contribution in [0.25, 0.3) is 21.5 Å². The zero-order valence-corrected chi connectivity index (χ0v) is 14.8. The predicted octanol–water partition coefficient (Wildman–Crippen LogP) is 6.04. The van der Waals surface area contributed by atoms with E-state index in [0.717, 1.165) is 41.1 Å². The lowest BCUT2D eigenvalue weighted by Gasteiger charge is -2.26. The zero-order valence-electron chi connectivity index (χ0n) is 14.0. The van der Waals surface area contributed by atoms with E-state index in [1.165, 1.54) is 22.6 Å². The molecule has 0 spiro atoms. The quantitative estimate of drug-likeness (QED) is 0.385. The maximum atomic E-state index is 13.8. The highest BCUT2D eigenvalue weighted by Crippen LogP contribution is 2.40. The van der Waals surface area contributed by atoms with Crippen molar-refractivity contribution in [3.63, 3.8) is 0 Å². The molecule has 1 aliphatic carbocycles. The van der Waals surface area contributed by atoms with Gasteiger partial charge >= 0.3 is 0 Å². The molecule has 4 heteroatoms. The minimum Gasteiger partial charge on any atom is -0.261 e. The van der Waals surface area contributed by atoms with E-state index in [4.69, 9.17) is 11.6 Å². The summed E-state index contributed by atoms with van der Waals surface area (Å²) in [6.45, 7) is 0. The molecule has 4 aromatic rings. The largest absolute Gasteiger partial charge is 0.261 e. The van der Waals surface area contributed by atoms with Crippen LogP contribution in [0.15, 0.2) is 55.0 Å². The first-order valence-corrected chi connectivity index (χ1v) is 9.19. The van der Waals surface area contributed by atoms with E-state index >= 15 is 0 Å². The monoisotopic (exact) mass is 362 g/mol. The van der Waals surface area contributed by atoms with Gasteiger partial charge in [-0.15, -0.1) is 0 Å². The first-order chi connectivity index (χ1) is 12.7. The second-order valence-electron chi connectivity index (χ2n) is 6.86. The maximum absolute atomic E-state index is 13.8. The second kappa shape index (κ2) is 6.03. The summed E-state index contributed by atoms with van der Waals surface area (Å²) >= 11 is 6.04.